The van der Waals surface area contributed by atoms with Gasteiger partial charge in [0.2, 0.25) is 15.9 Å². The molecule has 31 heavy (non-hydrogen) atoms. The standard InChI is InChI=1S/C22H25N3O5S/c1-16-10-11-17(14-20(16)31(28,29)24-12-6-2-3-7-13-24)23-21(26)15-25-18-8-4-5-9-19(18)30-22(25)27/h4-5,8-11,14H,2-3,6-7,12-13,15H2,1H3,(H,23,26). The molecule has 1 amide bonds. The lowest BCUT2D eigenvalue weighted by Crippen LogP contribution is -2.32. The summed E-state index contributed by atoms with van der Waals surface area (Å²) >= 11 is 0. The first kappa shape index (κ1) is 21.3. The molecule has 1 aromatic heterocycles. The van der Waals surface area contributed by atoms with Gasteiger partial charge in [-0.05, 0) is 49.6 Å². The van der Waals surface area contributed by atoms with E-state index in [4.69, 9.17) is 4.42 Å². The zero-order chi connectivity index (χ0) is 22.0. The smallest absolute Gasteiger partial charge is 0.408 e. The largest absolute Gasteiger partial charge is 0.420 e. The van der Waals surface area contributed by atoms with Crippen LogP contribution in [-0.4, -0.2) is 36.3 Å². The summed E-state index contributed by atoms with van der Waals surface area (Å²) in [6.07, 6.45) is 3.76. The van der Waals surface area contributed by atoms with Crippen LogP contribution in [-0.2, 0) is 21.4 Å². The summed E-state index contributed by atoms with van der Waals surface area (Å²) < 4.78 is 34.3. The number of carbonyl (C=O) groups is 1. The quantitative estimate of drug-likeness (QED) is 0.653. The van der Waals surface area contributed by atoms with Gasteiger partial charge in [0.1, 0.15) is 6.54 Å². The van der Waals surface area contributed by atoms with Crippen molar-refractivity contribution < 1.29 is 17.6 Å². The summed E-state index contributed by atoms with van der Waals surface area (Å²) in [5.74, 6) is -1.07. The lowest BCUT2D eigenvalue weighted by atomic mass is 10.2. The monoisotopic (exact) mass is 443 g/mol. The van der Waals surface area contributed by atoms with Crippen molar-refractivity contribution in [2.75, 3.05) is 18.4 Å². The number of aromatic nitrogens is 1. The molecule has 2 aromatic carbocycles. The van der Waals surface area contributed by atoms with E-state index in [-0.39, 0.29) is 11.4 Å². The number of benzene rings is 2. The van der Waals surface area contributed by atoms with Crippen LogP contribution >= 0.6 is 0 Å². The first-order valence-corrected chi connectivity index (χ1v) is 11.8. The molecule has 164 valence electrons. The fraction of sp³-hybridized carbons (Fsp3) is 0.364. The van der Waals surface area contributed by atoms with E-state index in [0.29, 0.717) is 35.4 Å². The van der Waals surface area contributed by atoms with Crippen molar-refractivity contribution in [1.82, 2.24) is 8.87 Å². The summed E-state index contributed by atoms with van der Waals surface area (Å²) in [4.78, 5) is 24.9. The summed E-state index contributed by atoms with van der Waals surface area (Å²) in [6, 6.07) is 11.7. The van der Waals surface area contributed by atoms with Crippen molar-refractivity contribution in [3.63, 3.8) is 0 Å². The average Bonchev–Trinajstić information content (AvgIpc) is 2.91. The number of rotatable bonds is 5. The maximum absolute atomic E-state index is 13.2. The summed E-state index contributed by atoms with van der Waals surface area (Å²) in [5.41, 5.74) is 1.92. The van der Waals surface area contributed by atoms with Crippen LogP contribution < -0.4 is 11.1 Å². The van der Waals surface area contributed by atoms with Crippen molar-refractivity contribution in [2.24, 2.45) is 0 Å². The number of para-hydroxylation sites is 2. The molecule has 0 saturated carbocycles. The van der Waals surface area contributed by atoms with Gasteiger partial charge in [0, 0.05) is 18.8 Å². The number of carbonyl (C=O) groups excluding carboxylic acids is 1. The van der Waals surface area contributed by atoms with Crippen LogP contribution in [0.2, 0.25) is 0 Å². The summed E-state index contributed by atoms with van der Waals surface area (Å²) in [5, 5.41) is 2.70. The number of aryl methyl sites for hydroxylation is 1. The van der Waals surface area contributed by atoms with Gasteiger partial charge < -0.3 is 9.73 Å². The van der Waals surface area contributed by atoms with Crippen molar-refractivity contribution in [2.45, 2.75) is 44.0 Å². The molecule has 1 fully saturated rings. The second-order valence-electron chi connectivity index (χ2n) is 7.77. The van der Waals surface area contributed by atoms with Crippen LogP contribution in [0.1, 0.15) is 31.2 Å². The Kier molecular flexibility index (Phi) is 5.97. The lowest BCUT2D eigenvalue weighted by Gasteiger charge is -2.21. The molecule has 0 radical (unpaired) electrons. The van der Waals surface area contributed by atoms with E-state index >= 15 is 0 Å². The van der Waals surface area contributed by atoms with E-state index in [1.165, 1.54) is 14.9 Å². The molecule has 8 nitrogen and oxygen atoms in total. The minimum absolute atomic E-state index is 0.193. The van der Waals surface area contributed by atoms with Crippen LogP contribution in [0.5, 0.6) is 0 Å². The molecule has 3 aromatic rings. The number of nitrogens with one attached hydrogen (secondary N) is 1. The van der Waals surface area contributed by atoms with Gasteiger partial charge in [-0.15, -0.1) is 0 Å². The molecule has 0 unspecified atom stereocenters. The highest BCUT2D eigenvalue weighted by molar-refractivity contribution is 7.89. The normalized spacial score (nSPS) is 15.6. The highest BCUT2D eigenvalue weighted by Crippen LogP contribution is 2.26. The fourth-order valence-corrected chi connectivity index (χ4v) is 5.65. The second-order valence-corrected chi connectivity index (χ2v) is 9.67. The molecular formula is C22H25N3O5S. The maximum atomic E-state index is 13.2. The van der Waals surface area contributed by atoms with E-state index in [1.54, 1.807) is 43.3 Å². The number of oxazole rings is 1. The van der Waals surface area contributed by atoms with Crippen molar-refractivity contribution >= 4 is 32.7 Å². The highest BCUT2D eigenvalue weighted by atomic mass is 32.2. The van der Waals surface area contributed by atoms with E-state index in [9.17, 15) is 18.0 Å². The predicted molar refractivity (Wildman–Crippen MR) is 118 cm³/mol. The Morgan fingerprint density at radius 1 is 1.06 bits per heavy atom. The van der Waals surface area contributed by atoms with Gasteiger partial charge in [-0.25, -0.2) is 13.2 Å². The molecule has 4 rings (SSSR count). The number of hydrogen-bond donors (Lipinski definition) is 1. The van der Waals surface area contributed by atoms with Gasteiger partial charge in [0.05, 0.1) is 10.4 Å². The maximum Gasteiger partial charge on any atom is 0.420 e. The molecule has 1 N–H and O–H groups in total. The minimum atomic E-state index is -3.65. The molecule has 1 aliphatic rings. The SMILES string of the molecule is Cc1ccc(NC(=O)Cn2c(=O)oc3ccccc32)cc1S(=O)(=O)N1CCCCCC1. The highest BCUT2D eigenvalue weighted by Gasteiger charge is 2.27. The van der Waals surface area contributed by atoms with Gasteiger partial charge in [-0.1, -0.05) is 31.0 Å². The Bertz CT molecular complexity index is 1270. The third-order valence-corrected chi connectivity index (χ3v) is 7.57. The van der Waals surface area contributed by atoms with Crippen LogP contribution in [0.3, 0.4) is 0 Å². The third-order valence-electron chi connectivity index (χ3n) is 5.53. The van der Waals surface area contributed by atoms with Crippen LogP contribution in [0.4, 0.5) is 5.69 Å². The van der Waals surface area contributed by atoms with Crippen molar-refractivity contribution in [1.29, 1.82) is 0 Å². The van der Waals surface area contributed by atoms with Crippen LogP contribution in [0.15, 0.2) is 56.6 Å². The van der Waals surface area contributed by atoms with Crippen molar-refractivity contribution in [3.8, 4) is 0 Å². The Balaban J connectivity index is 1.56. The van der Waals surface area contributed by atoms with Gasteiger partial charge in [-0.3, -0.25) is 9.36 Å². The van der Waals surface area contributed by atoms with E-state index in [1.807, 2.05) is 0 Å². The third kappa shape index (κ3) is 4.42. The number of hydrogen-bond acceptors (Lipinski definition) is 5. The fourth-order valence-electron chi connectivity index (χ4n) is 3.88. The Morgan fingerprint density at radius 3 is 2.52 bits per heavy atom. The number of amides is 1. The Labute approximate surface area is 180 Å². The summed E-state index contributed by atoms with van der Waals surface area (Å²) in [6.45, 7) is 2.52. The second kappa shape index (κ2) is 8.68. The van der Waals surface area contributed by atoms with Crippen LogP contribution in [0.25, 0.3) is 11.1 Å². The molecule has 1 aliphatic heterocycles. The minimum Gasteiger partial charge on any atom is -0.408 e. The molecule has 1 saturated heterocycles. The Hall–Kier alpha value is -2.91. The first-order valence-electron chi connectivity index (χ1n) is 10.4. The number of anilines is 1. The molecule has 9 heteroatoms. The number of nitrogens with zero attached hydrogens (tertiary/aromatic N) is 2. The molecular weight excluding hydrogens is 418 g/mol. The Morgan fingerprint density at radius 2 is 1.77 bits per heavy atom. The van der Waals surface area contributed by atoms with Gasteiger partial charge in [0.25, 0.3) is 0 Å². The van der Waals surface area contributed by atoms with Crippen molar-refractivity contribution in [3.05, 3.63) is 58.6 Å². The van der Waals surface area contributed by atoms with Gasteiger partial charge in [0.15, 0.2) is 5.58 Å². The number of fused-ring (bicyclic) bond motifs is 1. The average molecular weight is 444 g/mol. The molecule has 0 aliphatic carbocycles. The zero-order valence-electron chi connectivity index (χ0n) is 17.3. The van der Waals surface area contributed by atoms with E-state index in [2.05, 4.69) is 5.32 Å². The first-order chi connectivity index (χ1) is 14.9. The molecule has 0 spiro atoms. The topological polar surface area (TPSA) is 102 Å². The lowest BCUT2D eigenvalue weighted by molar-refractivity contribution is -0.116. The van der Waals surface area contributed by atoms with E-state index in [0.717, 1.165) is 25.7 Å². The molecule has 2 heterocycles. The molecule has 0 atom stereocenters. The summed E-state index contributed by atoms with van der Waals surface area (Å²) in [7, 11) is -3.65. The number of sulfonamides is 1. The van der Waals surface area contributed by atoms with E-state index < -0.39 is 21.7 Å². The zero-order valence-corrected chi connectivity index (χ0v) is 18.2. The van der Waals surface area contributed by atoms with Gasteiger partial charge >= 0.3 is 5.76 Å². The predicted octanol–water partition coefficient (Wildman–Crippen LogP) is 3.11. The molecule has 0 bridgehead atoms. The van der Waals surface area contributed by atoms with Gasteiger partial charge in [-0.2, -0.15) is 4.31 Å². The van der Waals surface area contributed by atoms with Crippen LogP contribution in [0, 0.1) is 6.92 Å².